The number of carbonyl (C=O) groups is 2. The fourth-order valence-electron chi connectivity index (χ4n) is 1.60. The molecule has 1 rings (SSSR count). The van der Waals surface area contributed by atoms with Crippen molar-refractivity contribution in [2.24, 2.45) is 0 Å². The predicted octanol–water partition coefficient (Wildman–Crippen LogP) is 3.57. The van der Waals surface area contributed by atoms with Crippen LogP contribution in [-0.4, -0.2) is 11.6 Å². The SMILES string of the molecule is C=CCCCCC(=O)CC(=O)c1ccccc1. The fraction of sp³-hybridized carbons (Fsp3) is 0.333. The molecule has 0 aliphatic carbocycles. The van der Waals surface area contributed by atoms with Crippen LogP contribution in [0.3, 0.4) is 0 Å². The highest BCUT2D eigenvalue weighted by Gasteiger charge is 2.10. The highest BCUT2D eigenvalue weighted by molar-refractivity contribution is 6.07. The van der Waals surface area contributed by atoms with Crippen LogP contribution < -0.4 is 0 Å². The number of hydrogen-bond donors (Lipinski definition) is 0. The Morgan fingerprint density at radius 1 is 1.12 bits per heavy atom. The summed E-state index contributed by atoms with van der Waals surface area (Å²) < 4.78 is 0. The molecule has 0 N–H and O–H groups in total. The molecule has 0 bridgehead atoms. The zero-order chi connectivity index (χ0) is 12.5. The zero-order valence-corrected chi connectivity index (χ0v) is 10.0. The molecule has 0 aliphatic rings. The van der Waals surface area contributed by atoms with Crippen LogP contribution in [0.25, 0.3) is 0 Å². The van der Waals surface area contributed by atoms with Gasteiger partial charge in [-0.1, -0.05) is 36.4 Å². The number of ketones is 2. The first-order valence-corrected chi connectivity index (χ1v) is 5.95. The second kappa shape index (κ2) is 7.55. The van der Waals surface area contributed by atoms with E-state index in [4.69, 9.17) is 0 Å². The third-order valence-electron chi connectivity index (χ3n) is 2.57. The van der Waals surface area contributed by atoms with Gasteiger partial charge in [-0.2, -0.15) is 0 Å². The molecule has 0 aromatic heterocycles. The maximum absolute atomic E-state index is 11.7. The van der Waals surface area contributed by atoms with Crippen LogP contribution in [0.2, 0.25) is 0 Å². The maximum Gasteiger partial charge on any atom is 0.170 e. The number of allylic oxidation sites excluding steroid dienone is 1. The van der Waals surface area contributed by atoms with Crippen LogP contribution in [0.5, 0.6) is 0 Å². The van der Waals surface area contributed by atoms with Crippen molar-refractivity contribution in [2.75, 3.05) is 0 Å². The Kier molecular flexibility index (Phi) is 5.94. The van der Waals surface area contributed by atoms with Crippen LogP contribution in [0.1, 0.15) is 42.5 Å². The molecule has 0 saturated carbocycles. The van der Waals surface area contributed by atoms with Crippen molar-refractivity contribution in [2.45, 2.75) is 32.1 Å². The third kappa shape index (κ3) is 5.25. The van der Waals surface area contributed by atoms with E-state index in [0.29, 0.717) is 12.0 Å². The standard InChI is InChI=1S/C15H18O2/c1-2-3-4-8-11-14(16)12-15(17)13-9-6-5-7-10-13/h2,5-7,9-10H,1,3-4,8,11-12H2. The molecular weight excluding hydrogens is 212 g/mol. The zero-order valence-electron chi connectivity index (χ0n) is 10.0. The summed E-state index contributed by atoms with van der Waals surface area (Å²) in [5.74, 6) is -0.0535. The van der Waals surface area contributed by atoms with Crippen LogP contribution >= 0.6 is 0 Å². The van der Waals surface area contributed by atoms with E-state index in [-0.39, 0.29) is 18.0 Å². The van der Waals surface area contributed by atoms with Crippen molar-refractivity contribution in [3.8, 4) is 0 Å². The maximum atomic E-state index is 11.7. The molecule has 0 fully saturated rings. The van der Waals surface area contributed by atoms with Gasteiger partial charge in [0.15, 0.2) is 5.78 Å². The summed E-state index contributed by atoms with van der Waals surface area (Å²) in [4.78, 5) is 23.3. The van der Waals surface area contributed by atoms with E-state index in [1.54, 1.807) is 12.1 Å². The lowest BCUT2D eigenvalue weighted by atomic mass is 10.0. The minimum Gasteiger partial charge on any atom is -0.299 e. The second-order valence-electron chi connectivity index (χ2n) is 4.04. The monoisotopic (exact) mass is 230 g/mol. The molecule has 2 heteroatoms. The summed E-state index contributed by atoms with van der Waals surface area (Å²) in [6.07, 6.45) is 5.10. The van der Waals surface area contributed by atoms with Gasteiger partial charge in [0.05, 0.1) is 6.42 Å². The molecule has 0 saturated heterocycles. The lowest BCUT2D eigenvalue weighted by molar-refractivity contribution is -0.118. The average Bonchev–Trinajstić information content (AvgIpc) is 2.36. The number of benzene rings is 1. The van der Waals surface area contributed by atoms with E-state index >= 15 is 0 Å². The molecule has 0 spiro atoms. The minimum absolute atomic E-state index is 0.0259. The largest absolute Gasteiger partial charge is 0.299 e. The molecule has 2 nitrogen and oxygen atoms in total. The molecule has 17 heavy (non-hydrogen) atoms. The van der Waals surface area contributed by atoms with E-state index < -0.39 is 0 Å². The quantitative estimate of drug-likeness (QED) is 0.296. The molecule has 0 radical (unpaired) electrons. The predicted molar refractivity (Wildman–Crippen MR) is 69.1 cm³/mol. The van der Waals surface area contributed by atoms with E-state index in [2.05, 4.69) is 6.58 Å². The highest BCUT2D eigenvalue weighted by Crippen LogP contribution is 2.07. The molecule has 0 amide bonds. The Hall–Kier alpha value is -1.70. The van der Waals surface area contributed by atoms with Gasteiger partial charge in [-0.25, -0.2) is 0 Å². The van der Waals surface area contributed by atoms with Crippen molar-refractivity contribution in [1.29, 1.82) is 0 Å². The molecular formula is C15H18O2. The van der Waals surface area contributed by atoms with Gasteiger partial charge in [0, 0.05) is 12.0 Å². The molecule has 1 aromatic rings. The topological polar surface area (TPSA) is 34.1 Å². The summed E-state index contributed by atoms with van der Waals surface area (Å²) in [7, 11) is 0. The molecule has 90 valence electrons. The van der Waals surface area contributed by atoms with Crippen molar-refractivity contribution >= 4 is 11.6 Å². The Bertz CT molecular complexity index is 379. The summed E-state index contributed by atoms with van der Waals surface area (Å²) in [5, 5.41) is 0. The van der Waals surface area contributed by atoms with Crippen LogP contribution in [0.15, 0.2) is 43.0 Å². The van der Waals surface area contributed by atoms with Crippen LogP contribution in [0.4, 0.5) is 0 Å². The second-order valence-corrected chi connectivity index (χ2v) is 4.04. The average molecular weight is 230 g/mol. The molecule has 1 aromatic carbocycles. The summed E-state index contributed by atoms with van der Waals surface area (Å²) in [6.45, 7) is 3.63. The Morgan fingerprint density at radius 3 is 2.47 bits per heavy atom. The summed E-state index contributed by atoms with van der Waals surface area (Å²) in [6, 6.07) is 8.96. The smallest absolute Gasteiger partial charge is 0.170 e. The Morgan fingerprint density at radius 2 is 1.82 bits per heavy atom. The number of carbonyl (C=O) groups excluding carboxylic acids is 2. The molecule has 0 atom stereocenters. The number of unbranched alkanes of at least 4 members (excludes halogenated alkanes) is 2. The van der Waals surface area contributed by atoms with Gasteiger partial charge in [0.25, 0.3) is 0 Å². The van der Waals surface area contributed by atoms with E-state index in [0.717, 1.165) is 19.3 Å². The number of Topliss-reactive ketones (excluding diaryl/α,β-unsaturated/α-hetero) is 2. The minimum atomic E-state index is -0.0840. The molecule has 0 aliphatic heterocycles. The van der Waals surface area contributed by atoms with Crippen molar-refractivity contribution < 1.29 is 9.59 Å². The number of hydrogen-bond acceptors (Lipinski definition) is 2. The van der Waals surface area contributed by atoms with E-state index in [9.17, 15) is 9.59 Å². The summed E-state index contributed by atoms with van der Waals surface area (Å²) in [5.41, 5.74) is 0.618. The van der Waals surface area contributed by atoms with E-state index in [1.165, 1.54) is 0 Å². The van der Waals surface area contributed by atoms with Crippen LogP contribution in [0, 0.1) is 0 Å². The van der Waals surface area contributed by atoms with Gasteiger partial charge in [-0.15, -0.1) is 6.58 Å². The third-order valence-corrected chi connectivity index (χ3v) is 2.57. The van der Waals surface area contributed by atoms with Gasteiger partial charge >= 0.3 is 0 Å². The first kappa shape index (κ1) is 13.4. The van der Waals surface area contributed by atoms with Crippen LogP contribution in [-0.2, 0) is 4.79 Å². The normalized spacial score (nSPS) is 9.88. The van der Waals surface area contributed by atoms with Gasteiger partial charge in [-0.05, 0) is 19.3 Å². The molecule has 0 heterocycles. The lowest BCUT2D eigenvalue weighted by Crippen LogP contribution is -2.07. The van der Waals surface area contributed by atoms with Gasteiger partial charge in [0.2, 0.25) is 0 Å². The van der Waals surface area contributed by atoms with Crippen molar-refractivity contribution in [3.05, 3.63) is 48.6 Å². The van der Waals surface area contributed by atoms with E-state index in [1.807, 2.05) is 24.3 Å². The van der Waals surface area contributed by atoms with Gasteiger partial charge in [0.1, 0.15) is 5.78 Å². The lowest BCUT2D eigenvalue weighted by Gasteiger charge is -2.00. The van der Waals surface area contributed by atoms with Crippen molar-refractivity contribution in [3.63, 3.8) is 0 Å². The fourth-order valence-corrected chi connectivity index (χ4v) is 1.60. The highest BCUT2D eigenvalue weighted by atomic mass is 16.1. The first-order chi connectivity index (χ1) is 8.24. The first-order valence-electron chi connectivity index (χ1n) is 5.95. The summed E-state index contributed by atoms with van der Waals surface area (Å²) >= 11 is 0. The Labute approximate surface area is 102 Å². The number of rotatable bonds is 8. The van der Waals surface area contributed by atoms with Crippen molar-refractivity contribution in [1.82, 2.24) is 0 Å². The Balaban J connectivity index is 2.31. The molecule has 0 unspecified atom stereocenters. The van der Waals surface area contributed by atoms with Gasteiger partial charge in [-0.3, -0.25) is 9.59 Å². The van der Waals surface area contributed by atoms with Gasteiger partial charge < -0.3 is 0 Å².